The first-order valence-corrected chi connectivity index (χ1v) is 9.51. The molecule has 3 nitrogen and oxygen atoms in total. The van der Waals surface area contributed by atoms with Crippen LogP contribution in [-0.2, 0) is 0 Å². The summed E-state index contributed by atoms with van der Waals surface area (Å²) in [4.78, 5) is 16.1. The number of aromatic nitrogens is 1. The quantitative estimate of drug-likeness (QED) is 0.740. The van der Waals surface area contributed by atoms with Crippen LogP contribution in [-0.4, -0.2) is 16.9 Å². The summed E-state index contributed by atoms with van der Waals surface area (Å²) in [5, 5.41) is 3.73. The molecule has 3 rings (SSSR count). The molecule has 1 amide bonds. The number of benzene rings is 1. The summed E-state index contributed by atoms with van der Waals surface area (Å²) in [6, 6.07) is 8.97. The summed E-state index contributed by atoms with van der Waals surface area (Å²) in [7, 11) is 0. The number of nitrogens with one attached hydrogen (secondary N) is 1. The van der Waals surface area contributed by atoms with Gasteiger partial charge >= 0.3 is 0 Å². The van der Waals surface area contributed by atoms with Crippen molar-refractivity contribution in [3.63, 3.8) is 0 Å². The lowest BCUT2D eigenvalue weighted by Crippen LogP contribution is -2.39. The van der Waals surface area contributed by atoms with E-state index in [0.717, 1.165) is 31.2 Å². The number of pyridine rings is 1. The topological polar surface area (TPSA) is 42.0 Å². The van der Waals surface area contributed by atoms with Gasteiger partial charge in [0.05, 0.1) is 0 Å². The van der Waals surface area contributed by atoms with Gasteiger partial charge in [-0.15, -0.1) is 0 Å². The number of hydrogen-bond donors (Lipinski definition) is 1. The van der Waals surface area contributed by atoms with Crippen LogP contribution >= 0.6 is 11.6 Å². The van der Waals surface area contributed by atoms with E-state index in [-0.39, 0.29) is 17.9 Å². The third kappa shape index (κ3) is 4.24. The van der Waals surface area contributed by atoms with E-state index in [2.05, 4.69) is 17.2 Å². The van der Waals surface area contributed by atoms with Crippen molar-refractivity contribution in [2.24, 2.45) is 5.92 Å². The van der Waals surface area contributed by atoms with Gasteiger partial charge in [-0.3, -0.25) is 4.79 Å². The maximum atomic E-state index is 13.7. The van der Waals surface area contributed by atoms with Crippen molar-refractivity contribution in [1.82, 2.24) is 10.3 Å². The predicted octanol–water partition coefficient (Wildman–Crippen LogP) is 5.27. The van der Waals surface area contributed by atoms with Gasteiger partial charge in [0.2, 0.25) is 5.95 Å². The third-order valence-electron chi connectivity index (χ3n) is 5.57. The number of carbonyl (C=O) groups excluding carboxylic acids is 1. The Morgan fingerprint density at radius 3 is 2.50 bits per heavy atom. The fourth-order valence-electron chi connectivity index (χ4n) is 3.91. The van der Waals surface area contributed by atoms with E-state index in [0.29, 0.717) is 28.0 Å². The Labute approximate surface area is 159 Å². The average Bonchev–Trinajstić information content (AvgIpc) is 2.64. The van der Waals surface area contributed by atoms with Crippen LogP contribution in [0.5, 0.6) is 0 Å². The molecule has 1 unspecified atom stereocenters. The molecule has 1 heterocycles. The number of halogens is 2. The molecular weight excluding hydrogens is 351 g/mol. The highest BCUT2D eigenvalue weighted by molar-refractivity contribution is 6.30. The van der Waals surface area contributed by atoms with Crippen molar-refractivity contribution in [2.75, 3.05) is 0 Å². The minimum Gasteiger partial charge on any atom is -0.349 e. The first-order valence-electron chi connectivity index (χ1n) is 9.13. The molecule has 138 valence electrons. The Bertz CT molecular complexity index is 770. The molecule has 1 atom stereocenters. The third-order valence-corrected chi connectivity index (χ3v) is 5.82. The molecule has 2 aromatic rings. The maximum Gasteiger partial charge on any atom is 0.251 e. The van der Waals surface area contributed by atoms with E-state index >= 15 is 0 Å². The number of nitrogens with zero attached hydrogens (tertiary/aromatic N) is 1. The lowest BCUT2D eigenvalue weighted by Gasteiger charge is -2.33. The summed E-state index contributed by atoms with van der Waals surface area (Å²) < 4.78 is 13.7. The van der Waals surface area contributed by atoms with Crippen LogP contribution in [0.1, 0.15) is 60.0 Å². The van der Waals surface area contributed by atoms with E-state index in [1.165, 1.54) is 0 Å². The summed E-state index contributed by atoms with van der Waals surface area (Å²) in [5.41, 5.74) is 2.37. The Hall–Kier alpha value is -1.94. The van der Waals surface area contributed by atoms with Crippen molar-refractivity contribution in [1.29, 1.82) is 0 Å². The van der Waals surface area contributed by atoms with Gasteiger partial charge in [0.1, 0.15) is 0 Å². The molecule has 1 aromatic carbocycles. The molecule has 0 saturated heterocycles. The molecule has 0 bridgehead atoms. The second-order valence-corrected chi connectivity index (χ2v) is 7.63. The van der Waals surface area contributed by atoms with Gasteiger partial charge < -0.3 is 5.32 Å². The molecular formula is C21H24ClFN2O. The molecule has 0 aliphatic heterocycles. The Morgan fingerprint density at radius 2 is 1.85 bits per heavy atom. The molecule has 1 saturated carbocycles. The fourth-order valence-corrected chi connectivity index (χ4v) is 4.03. The van der Waals surface area contributed by atoms with Crippen molar-refractivity contribution in [2.45, 2.75) is 51.5 Å². The van der Waals surface area contributed by atoms with Crippen molar-refractivity contribution >= 4 is 17.5 Å². The van der Waals surface area contributed by atoms with Crippen LogP contribution in [0, 0.1) is 18.8 Å². The molecule has 1 fully saturated rings. The van der Waals surface area contributed by atoms with Gasteiger partial charge in [0.15, 0.2) is 0 Å². The lowest BCUT2D eigenvalue weighted by molar-refractivity contribution is 0.0917. The van der Waals surface area contributed by atoms with E-state index in [1.807, 2.05) is 6.07 Å². The van der Waals surface area contributed by atoms with E-state index in [4.69, 9.17) is 11.6 Å². The standard InChI is InChI=1S/C21H24ClFN2O/c1-13-19(11-12-24-20(13)23)16-5-3-15(4-6-16)14(2)25-21(26)17-7-9-18(22)10-8-17/h7-12,14-16H,3-6H2,1-2H3,(H,25,26). The zero-order chi connectivity index (χ0) is 18.7. The smallest absolute Gasteiger partial charge is 0.251 e. The van der Waals surface area contributed by atoms with Crippen molar-refractivity contribution in [3.8, 4) is 0 Å². The zero-order valence-electron chi connectivity index (χ0n) is 15.1. The van der Waals surface area contributed by atoms with Crippen molar-refractivity contribution < 1.29 is 9.18 Å². The van der Waals surface area contributed by atoms with Crippen LogP contribution < -0.4 is 5.32 Å². The van der Waals surface area contributed by atoms with Gasteiger partial charge in [-0.2, -0.15) is 4.39 Å². The largest absolute Gasteiger partial charge is 0.349 e. The van der Waals surface area contributed by atoms with E-state index < -0.39 is 0 Å². The second kappa shape index (κ2) is 8.17. The van der Waals surface area contributed by atoms with Gasteiger partial charge in [0.25, 0.3) is 5.91 Å². The SMILES string of the molecule is Cc1c(C2CCC(C(C)NC(=O)c3ccc(Cl)cc3)CC2)ccnc1F. The first-order chi connectivity index (χ1) is 12.5. The van der Waals surface area contributed by atoms with Crippen molar-refractivity contribution in [3.05, 3.63) is 64.2 Å². The zero-order valence-corrected chi connectivity index (χ0v) is 15.9. The van der Waals surface area contributed by atoms with Crippen LogP contribution in [0.4, 0.5) is 4.39 Å². The lowest BCUT2D eigenvalue weighted by atomic mass is 9.75. The highest BCUT2D eigenvalue weighted by Crippen LogP contribution is 2.38. The predicted molar refractivity (Wildman–Crippen MR) is 102 cm³/mol. The number of amides is 1. The van der Waals surface area contributed by atoms with Gasteiger partial charge in [-0.25, -0.2) is 4.98 Å². The highest BCUT2D eigenvalue weighted by Gasteiger charge is 2.28. The highest BCUT2D eigenvalue weighted by atomic mass is 35.5. The molecule has 0 radical (unpaired) electrons. The normalized spacial score (nSPS) is 21.2. The van der Waals surface area contributed by atoms with Crippen LogP contribution in [0.2, 0.25) is 5.02 Å². The van der Waals surface area contributed by atoms with E-state index in [1.54, 1.807) is 37.4 Å². The van der Waals surface area contributed by atoms with Crippen LogP contribution in [0.3, 0.4) is 0 Å². The fraction of sp³-hybridized carbons (Fsp3) is 0.429. The Kier molecular flexibility index (Phi) is 5.92. The van der Waals surface area contributed by atoms with Gasteiger partial charge in [-0.1, -0.05) is 11.6 Å². The summed E-state index contributed by atoms with van der Waals surface area (Å²) in [5.74, 6) is 0.383. The summed E-state index contributed by atoms with van der Waals surface area (Å²) in [6.07, 6.45) is 5.62. The average molecular weight is 375 g/mol. The monoisotopic (exact) mass is 374 g/mol. The van der Waals surface area contributed by atoms with Crippen LogP contribution in [0.25, 0.3) is 0 Å². The van der Waals surface area contributed by atoms with E-state index in [9.17, 15) is 9.18 Å². The molecule has 0 spiro atoms. The molecule has 1 aliphatic rings. The molecule has 5 heteroatoms. The second-order valence-electron chi connectivity index (χ2n) is 7.20. The summed E-state index contributed by atoms with van der Waals surface area (Å²) >= 11 is 5.87. The Morgan fingerprint density at radius 1 is 1.19 bits per heavy atom. The molecule has 26 heavy (non-hydrogen) atoms. The van der Waals surface area contributed by atoms with Gasteiger partial charge in [-0.05, 0) is 87.3 Å². The number of hydrogen-bond acceptors (Lipinski definition) is 2. The first kappa shape index (κ1) is 18.8. The summed E-state index contributed by atoms with van der Waals surface area (Å²) in [6.45, 7) is 3.87. The maximum absolute atomic E-state index is 13.7. The van der Waals surface area contributed by atoms with Crippen LogP contribution in [0.15, 0.2) is 36.5 Å². The van der Waals surface area contributed by atoms with Gasteiger partial charge in [0, 0.05) is 28.4 Å². The minimum atomic E-state index is -0.367. The number of carbonyl (C=O) groups is 1. The Balaban J connectivity index is 1.56. The molecule has 1 aromatic heterocycles. The number of rotatable bonds is 4. The molecule has 1 aliphatic carbocycles. The minimum absolute atomic E-state index is 0.0664. The molecule has 1 N–H and O–H groups in total.